The van der Waals surface area contributed by atoms with Gasteiger partial charge in [-0.1, -0.05) is 6.07 Å². The molecule has 5 nitrogen and oxygen atoms in total. The average Bonchev–Trinajstić information content (AvgIpc) is 2.97. The topological polar surface area (TPSA) is 56.8 Å². The van der Waals surface area contributed by atoms with Crippen LogP contribution in [0.25, 0.3) is 0 Å². The lowest BCUT2D eigenvalue weighted by atomic mass is 10.1. The Morgan fingerprint density at radius 3 is 2.83 bits per heavy atom. The van der Waals surface area contributed by atoms with Crippen molar-refractivity contribution in [2.45, 2.75) is 18.8 Å². The molecule has 0 aromatic carbocycles. The Balaban J connectivity index is 0.00000192. The van der Waals surface area contributed by atoms with Gasteiger partial charge in [0.25, 0.3) is 0 Å². The van der Waals surface area contributed by atoms with E-state index >= 15 is 0 Å². The summed E-state index contributed by atoms with van der Waals surface area (Å²) in [7, 11) is 0. The van der Waals surface area contributed by atoms with Gasteiger partial charge in [-0.05, 0) is 17.7 Å². The highest BCUT2D eigenvalue weighted by Crippen LogP contribution is 2.29. The molecule has 0 spiro atoms. The van der Waals surface area contributed by atoms with Crippen LogP contribution in [0.4, 0.5) is 13.2 Å². The van der Waals surface area contributed by atoms with Gasteiger partial charge < -0.3 is 5.32 Å². The number of H-pyrrole nitrogens is 1. The molecule has 2 N–H and O–H groups in total. The van der Waals surface area contributed by atoms with Crippen LogP contribution < -0.4 is 5.32 Å². The molecule has 1 fully saturated rings. The summed E-state index contributed by atoms with van der Waals surface area (Å²) in [5, 5.41) is 9.13. The molecule has 126 valence electrons. The number of piperazine rings is 1. The third kappa shape index (κ3) is 4.21. The molecule has 0 amide bonds. The fourth-order valence-corrected chi connectivity index (χ4v) is 2.64. The van der Waals surface area contributed by atoms with Gasteiger partial charge in [0, 0.05) is 50.3 Å². The van der Waals surface area contributed by atoms with E-state index in [1.807, 2.05) is 12.1 Å². The van der Waals surface area contributed by atoms with Crippen LogP contribution in [0.3, 0.4) is 0 Å². The zero-order valence-electron chi connectivity index (χ0n) is 12.2. The summed E-state index contributed by atoms with van der Waals surface area (Å²) in [5.74, 6) is 0. The predicted molar refractivity (Wildman–Crippen MR) is 81.1 cm³/mol. The fraction of sp³-hybridized carbons (Fsp3) is 0.429. The number of rotatable bonds is 3. The van der Waals surface area contributed by atoms with Gasteiger partial charge in [-0.15, -0.1) is 12.4 Å². The minimum absolute atomic E-state index is 0. The third-order valence-corrected chi connectivity index (χ3v) is 3.72. The van der Waals surface area contributed by atoms with Gasteiger partial charge in [0.15, 0.2) is 5.69 Å². The number of halogens is 4. The molecule has 0 aliphatic carbocycles. The molecular weight excluding hydrogens is 331 g/mol. The summed E-state index contributed by atoms with van der Waals surface area (Å²) in [6.07, 6.45) is -0.922. The third-order valence-electron chi connectivity index (χ3n) is 3.72. The zero-order chi connectivity index (χ0) is 15.6. The monoisotopic (exact) mass is 347 g/mol. The summed E-state index contributed by atoms with van der Waals surface area (Å²) in [6.45, 7) is 2.69. The molecule has 0 radical (unpaired) electrons. The number of hydrogen-bond acceptors (Lipinski definition) is 4. The van der Waals surface area contributed by atoms with Crippen LogP contribution in [0.5, 0.6) is 0 Å². The zero-order valence-corrected chi connectivity index (χ0v) is 13.0. The van der Waals surface area contributed by atoms with E-state index in [1.165, 1.54) is 0 Å². The van der Waals surface area contributed by atoms with Crippen molar-refractivity contribution in [3.8, 4) is 0 Å². The van der Waals surface area contributed by atoms with E-state index < -0.39 is 11.9 Å². The summed E-state index contributed by atoms with van der Waals surface area (Å²) < 4.78 is 37.8. The highest BCUT2D eigenvalue weighted by molar-refractivity contribution is 5.85. The van der Waals surface area contributed by atoms with E-state index in [0.717, 1.165) is 31.3 Å². The van der Waals surface area contributed by atoms with Crippen LogP contribution >= 0.6 is 12.4 Å². The Morgan fingerprint density at radius 1 is 1.35 bits per heavy atom. The molecule has 0 saturated carbocycles. The molecule has 3 heterocycles. The molecule has 1 unspecified atom stereocenters. The van der Waals surface area contributed by atoms with Crippen molar-refractivity contribution in [1.29, 1.82) is 0 Å². The maximum Gasteiger partial charge on any atom is 0.435 e. The van der Waals surface area contributed by atoms with Gasteiger partial charge in [0.2, 0.25) is 0 Å². The van der Waals surface area contributed by atoms with Crippen molar-refractivity contribution in [2.24, 2.45) is 0 Å². The lowest BCUT2D eigenvalue weighted by Crippen LogP contribution is -2.45. The average molecular weight is 348 g/mol. The van der Waals surface area contributed by atoms with Crippen LogP contribution in [0.1, 0.15) is 23.0 Å². The molecule has 1 saturated heterocycles. The molecule has 23 heavy (non-hydrogen) atoms. The quantitative estimate of drug-likeness (QED) is 0.895. The molecular formula is C14H17ClF3N5. The van der Waals surface area contributed by atoms with Crippen molar-refractivity contribution >= 4 is 12.4 Å². The van der Waals surface area contributed by atoms with E-state index in [9.17, 15) is 13.2 Å². The highest BCUT2D eigenvalue weighted by Gasteiger charge is 2.34. The molecule has 9 heteroatoms. The number of alkyl halides is 3. The summed E-state index contributed by atoms with van der Waals surface area (Å²) in [5.41, 5.74) is 0.629. The second-order valence-corrected chi connectivity index (χ2v) is 5.25. The van der Waals surface area contributed by atoms with E-state index in [-0.39, 0.29) is 18.4 Å². The smallest absolute Gasteiger partial charge is 0.314 e. The van der Waals surface area contributed by atoms with Crippen LogP contribution in [-0.2, 0) is 12.7 Å². The minimum atomic E-state index is -4.42. The molecule has 3 rings (SSSR count). The SMILES string of the molecule is Cl.FC(F)(F)c1cc(CN2CCNCC2c2cccnc2)[nH]n1. The maximum absolute atomic E-state index is 12.6. The predicted octanol–water partition coefficient (Wildman–Crippen LogP) is 2.39. The largest absolute Gasteiger partial charge is 0.435 e. The van der Waals surface area contributed by atoms with E-state index in [1.54, 1.807) is 12.4 Å². The van der Waals surface area contributed by atoms with Crippen molar-refractivity contribution in [2.75, 3.05) is 19.6 Å². The summed E-state index contributed by atoms with van der Waals surface area (Å²) in [6, 6.07) is 4.99. The van der Waals surface area contributed by atoms with Gasteiger partial charge in [-0.25, -0.2) is 0 Å². The van der Waals surface area contributed by atoms with Gasteiger partial charge in [0.1, 0.15) is 0 Å². The summed E-state index contributed by atoms with van der Waals surface area (Å²) in [4.78, 5) is 6.24. The molecule has 2 aromatic rings. The number of hydrogen-bond donors (Lipinski definition) is 2. The first-order valence-electron chi connectivity index (χ1n) is 7.00. The van der Waals surface area contributed by atoms with Crippen molar-refractivity contribution < 1.29 is 13.2 Å². The van der Waals surface area contributed by atoms with Gasteiger partial charge in [-0.3, -0.25) is 15.0 Å². The first kappa shape index (κ1) is 17.7. The number of aromatic nitrogens is 3. The Bertz CT molecular complexity index is 616. The lowest BCUT2D eigenvalue weighted by Gasteiger charge is -2.35. The Morgan fingerprint density at radius 2 is 2.17 bits per heavy atom. The van der Waals surface area contributed by atoms with Crippen molar-refractivity contribution in [3.05, 3.63) is 47.5 Å². The van der Waals surface area contributed by atoms with Crippen molar-refractivity contribution in [3.63, 3.8) is 0 Å². The Labute approximate surface area is 137 Å². The summed E-state index contributed by atoms with van der Waals surface area (Å²) >= 11 is 0. The van der Waals surface area contributed by atoms with E-state index in [0.29, 0.717) is 12.2 Å². The second-order valence-electron chi connectivity index (χ2n) is 5.25. The van der Waals surface area contributed by atoms with E-state index in [4.69, 9.17) is 0 Å². The number of pyridine rings is 1. The number of nitrogens with zero attached hydrogens (tertiary/aromatic N) is 3. The van der Waals surface area contributed by atoms with Gasteiger partial charge in [0.05, 0.1) is 0 Å². The molecule has 1 aliphatic rings. The normalized spacial score (nSPS) is 19.3. The van der Waals surface area contributed by atoms with E-state index in [2.05, 4.69) is 25.4 Å². The maximum atomic E-state index is 12.6. The molecule has 0 bridgehead atoms. The lowest BCUT2D eigenvalue weighted by molar-refractivity contribution is -0.141. The minimum Gasteiger partial charge on any atom is -0.314 e. The molecule has 1 aliphatic heterocycles. The standard InChI is InChI=1S/C14H16F3N5.ClH/c15-14(16,17)13-6-11(20-21-13)9-22-5-4-19-8-12(22)10-2-1-3-18-7-10;/h1-3,6-7,12,19H,4-5,8-9H2,(H,20,21);1H. The van der Waals surface area contributed by atoms with Gasteiger partial charge >= 0.3 is 6.18 Å². The number of aromatic amines is 1. The first-order chi connectivity index (χ1) is 10.5. The second kappa shape index (κ2) is 7.29. The van der Waals surface area contributed by atoms with Crippen molar-refractivity contribution in [1.82, 2.24) is 25.4 Å². The first-order valence-corrected chi connectivity index (χ1v) is 7.00. The Kier molecular flexibility index (Phi) is 5.61. The molecule has 2 aromatic heterocycles. The fourth-order valence-electron chi connectivity index (χ4n) is 2.64. The highest BCUT2D eigenvalue weighted by atomic mass is 35.5. The van der Waals surface area contributed by atoms with Crippen LogP contribution in [0.2, 0.25) is 0 Å². The van der Waals surface area contributed by atoms with Crippen LogP contribution in [0.15, 0.2) is 30.6 Å². The molecule has 1 atom stereocenters. The van der Waals surface area contributed by atoms with Crippen LogP contribution in [0, 0.1) is 0 Å². The van der Waals surface area contributed by atoms with Crippen LogP contribution in [-0.4, -0.2) is 39.7 Å². The number of nitrogens with one attached hydrogen (secondary N) is 2. The Hall–Kier alpha value is -1.64. The van der Waals surface area contributed by atoms with Gasteiger partial charge in [-0.2, -0.15) is 18.3 Å².